The van der Waals surface area contributed by atoms with E-state index in [4.69, 9.17) is 0 Å². The third-order valence-electron chi connectivity index (χ3n) is 6.17. The Morgan fingerprint density at radius 3 is 2.33 bits per heavy atom. The van der Waals surface area contributed by atoms with Crippen molar-refractivity contribution in [1.29, 1.82) is 0 Å². The SMILES string of the molecule is CCC1(c2ccc(F)cc2)NC(=O)N(CC(=O)c2cc(C)n(-c3ccccc3F)c2C)C1=O. The Bertz CT molecular complexity index is 1270. The van der Waals surface area contributed by atoms with Crippen LogP contribution < -0.4 is 5.32 Å². The molecule has 2 heterocycles. The van der Waals surface area contributed by atoms with E-state index in [2.05, 4.69) is 5.32 Å². The molecule has 0 saturated carbocycles. The summed E-state index contributed by atoms with van der Waals surface area (Å²) in [5, 5.41) is 2.68. The highest BCUT2D eigenvalue weighted by molar-refractivity contribution is 6.11. The first kappa shape index (κ1) is 22.4. The van der Waals surface area contributed by atoms with Crippen LogP contribution in [0.3, 0.4) is 0 Å². The first-order valence-electron chi connectivity index (χ1n) is 10.6. The maximum Gasteiger partial charge on any atom is 0.325 e. The van der Waals surface area contributed by atoms with Crippen LogP contribution in [0.5, 0.6) is 0 Å². The molecular weight excluding hydrogens is 428 g/mol. The van der Waals surface area contributed by atoms with Crippen LogP contribution in [0.15, 0.2) is 54.6 Å². The quantitative estimate of drug-likeness (QED) is 0.446. The number of ketones is 1. The zero-order chi connectivity index (χ0) is 23.9. The summed E-state index contributed by atoms with van der Waals surface area (Å²) in [4.78, 5) is 40.0. The molecule has 1 N–H and O–H groups in total. The fourth-order valence-electron chi connectivity index (χ4n) is 4.42. The van der Waals surface area contributed by atoms with Gasteiger partial charge in [-0.2, -0.15) is 0 Å². The number of hydrogen-bond acceptors (Lipinski definition) is 3. The highest BCUT2D eigenvalue weighted by Crippen LogP contribution is 2.33. The number of urea groups is 1. The van der Waals surface area contributed by atoms with Gasteiger partial charge in [0.05, 0.1) is 12.2 Å². The van der Waals surface area contributed by atoms with Gasteiger partial charge in [0.15, 0.2) is 5.78 Å². The van der Waals surface area contributed by atoms with Crippen LogP contribution in [0.4, 0.5) is 13.6 Å². The van der Waals surface area contributed by atoms with E-state index in [9.17, 15) is 23.2 Å². The van der Waals surface area contributed by atoms with Crippen molar-refractivity contribution in [2.24, 2.45) is 0 Å². The number of aromatic nitrogens is 1. The van der Waals surface area contributed by atoms with Crippen molar-refractivity contribution < 1.29 is 23.2 Å². The molecule has 0 bridgehead atoms. The smallest absolute Gasteiger partial charge is 0.319 e. The molecule has 1 fully saturated rings. The zero-order valence-corrected chi connectivity index (χ0v) is 18.5. The molecule has 2 aromatic carbocycles. The van der Waals surface area contributed by atoms with E-state index < -0.39 is 41.4 Å². The van der Waals surface area contributed by atoms with Gasteiger partial charge < -0.3 is 9.88 Å². The van der Waals surface area contributed by atoms with Crippen LogP contribution in [-0.4, -0.2) is 33.7 Å². The fourth-order valence-corrected chi connectivity index (χ4v) is 4.42. The highest BCUT2D eigenvalue weighted by atomic mass is 19.1. The number of para-hydroxylation sites is 1. The molecule has 4 rings (SSSR count). The van der Waals surface area contributed by atoms with E-state index in [-0.39, 0.29) is 6.42 Å². The molecule has 0 spiro atoms. The topological polar surface area (TPSA) is 71.4 Å². The number of amides is 3. The van der Waals surface area contributed by atoms with Gasteiger partial charge in [0.1, 0.15) is 17.2 Å². The van der Waals surface area contributed by atoms with Crippen molar-refractivity contribution in [3.8, 4) is 5.69 Å². The summed E-state index contributed by atoms with van der Waals surface area (Å²) in [5.41, 5.74) is 0.838. The average Bonchev–Trinajstić information content (AvgIpc) is 3.22. The molecule has 8 heteroatoms. The normalized spacial score (nSPS) is 18.0. The minimum Gasteiger partial charge on any atom is -0.319 e. The van der Waals surface area contributed by atoms with Crippen molar-refractivity contribution >= 4 is 17.7 Å². The molecule has 1 aliphatic heterocycles. The first-order chi connectivity index (χ1) is 15.7. The van der Waals surface area contributed by atoms with Crippen LogP contribution in [0.25, 0.3) is 5.69 Å². The van der Waals surface area contributed by atoms with Crippen molar-refractivity contribution in [2.45, 2.75) is 32.7 Å². The third kappa shape index (κ3) is 3.61. The molecule has 3 aromatic rings. The molecule has 33 heavy (non-hydrogen) atoms. The number of rotatable bonds is 6. The van der Waals surface area contributed by atoms with Crippen LogP contribution in [-0.2, 0) is 10.3 Å². The number of nitrogens with zero attached hydrogens (tertiary/aromatic N) is 2. The second-order valence-electron chi connectivity index (χ2n) is 8.08. The monoisotopic (exact) mass is 451 g/mol. The maximum absolute atomic E-state index is 14.4. The summed E-state index contributed by atoms with van der Waals surface area (Å²) in [7, 11) is 0. The van der Waals surface area contributed by atoms with Gasteiger partial charge in [-0.05, 0) is 56.2 Å². The predicted octanol–water partition coefficient (Wildman–Crippen LogP) is 4.41. The number of imide groups is 1. The van der Waals surface area contributed by atoms with Gasteiger partial charge >= 0.3 is 6.03 Å². The second-order valence-corrected chi connectivity index (χ2v) is 8.08. The Kier molecular flexibility index (Phi) is 5.61. The van der Waals surface area contributed by atoms with Gasteiger partial charge in [-0.25, -0.2) is 13.6 Å². The van der Waals surface area contributed by atoms with E-state index in [0.29, 0.717) is 28.2 Å². The minimum absolute atomic E-state index is 0.232. The molecule has 170 valence electrons. The lowest BCUT2D eigenvalue weighted by molar-refractivity contribution is -0.131. The van der Waals surface area contributed by atoms with E-state index >= 15 is 0 Å². The molecular formula is C25H23F2N3O3. The van der Waals surface area contributed by atoms with Crippen LogP contribution in [0.1, 0.15) is 40.7 Å². The summed E-state index contributed by atoms with van der Waals surface area (Å²) < 4.78 is 29.4. The van der Waals surface area contributed by atoms with Crippen molar-refractivity contribution in [3.05, 3.63) is 88.7 Å². The lowest BCUT2D eigenvalue weighted by atomic mass is 9.87. The summed E-state index contributed by atoms with van der Waals surface area (Å²) in [6, 6.07) is 12.5. The van der Waals surface area contributed by atoms with Gasteiger partial charge in [-0.1, -0.05) is 31.2 Å². The van der Waals surface area contributed by atoms with E-state index in [1.165, 1.54) is 30.3 Å². The molecule has 1 aliphatic rings. The van der Waals surface area contributed by atoms with E-state index in [1.54, 1.807) is 49.6 Å². The molecule has 0 aliphatic carbocycles. The lowest BCUT2D eigenvalue weighted by Gasteiger charge is -2.25. The Labute approximate surface area is 189 Å². The summed E-state index contributed by atoms with van der Waals surface area (Å²) in [5.74, 6) is -1.91. The average molecular weight is 451 g/mol. The Hall–Kier alpha value is -3.81. The number of nitrogens with one attached hydrogen (secondary N) is 1. The van der Waals surface area contributed by atoms with E-state index in [1.807, 2.05) is 0 Å². The summed E-state index contributed by atoms with van der Waals surface area (Å²) in [6.07, 6.45) is 0.232. The molecule has 1 unspecified atom stereocenters. The molecule has 1 aromatic heterocycles. The minimum atomic E-state index is -1.37. The standard InChI is InChI=1S/C25H23F2N3O3/c1-4-25(17-9-11-18(26)12-10-17)23(32)29(24(33)28-25)14-22(31)19-13-15(2)30(16(19)3)21-8-6-5-7-20(21)27/h5-13H,4,14H2,1-3H3,(H,28,33). The van der Waals surface area contributed by atoms with Gasteiger partial charge in [-0.15, -0.1) is 0 Å². The number of carbonyl (C=O) groups excluding carboxylic acids is 3. The van der Waals surface area contributed by atoms with Gasteiger partial charge in [0, 0.05) is 17.0 Å². The van der Waals surface area contributed by atoms with Crippen LogP contribution >= 0.6 is 0 Å². The lowest BCUT2D eigenvalue weighted by Crippen LogP contribution is -2.43. The number of carbonyl (C=O) groups is 3. The first-order valence-corrected chi connectivity index (χ1v) is 10.6. The predicted molar refractivity (Wildman–Crippen MR) is 118 cm³/mol. The number of aryl methyl sites for hydroxylation is 1. The summed E-state index contributed by atoms with van der Waals surface area (Å²) >= 11 is 0. The Balaban J connectivity index is 1.64. The number of hydrogen-bond donors (Lipinski definition) is 1. The van der Waals surface area contributed by atoms with Gasteiger partial charge in [0.2, 0.25) is 0 Å². The van der Waals surface area contributed by atoms with E-state index in [0.717, 1.165) is 4.90 Å². The molecule has 0 radical (unpaired) electrons. The largest absolute Gasteiger partial charge is 0.325 e. The van der Waals surface area contributed by atoms with Crippen LogP contribution in [0, 0.1) is 25.5 Å². The second kappa shape index (κ2) is 8.27. The van der Waals surface area contributed by atoms with Gasteiger partial charge in [0.25, 0.3) is 5.91 Å². The highest BCUT2D eigenvalue weighted by Gasteiger charge is 2.51. The molecule has 1 saturated heterocycles. The van der Waals surface area contributed by atoms with Crippen molar-refractivity contribution in [1.82, 2.24) is 14.8 Å². The molecule has 1 atom stereocenters. The van der Waals surface area contributed by atoms with Crippen molar-refractivity contribution in [2.75, 3.05) is 6.54 Å². The Morgan fingerprint density at radius 2 is 1.70 bits per heavy atom. The van der Waals surface area contributed by atoms with Crippen molar-refractivity contribution in [3.63, 3.8) is 0 Å². The number of halogens is 2. The fraction of sp³-hybridized carbons (Fsp3) is 0.240. The maximum atomic E-state index is 14.4. The number of Topliss-reactive ketones (excluding diaryl/α,β-unsaturated/α-hetero) is 1. The van der Waals surface area contributed by atoms with Crippen LogP contribution in [0.2, 0.25) is 0 Å². The number of benzene rings is 2. The summed E-state index contributed by atoms with van der Waals surface area (Å²) in [6.45, 7) is 4.71. The molecule has 6 nitrogen and oxygen atoms in total. The third-order valence-corrected chi connectivity index (χ3v) is 6.17. The Morgan fingerprint density at radius 1 is 1.03 bits per heavy atom. The zero-order valence-electron chi connectivity index (χ0n) is 18.5. The van der Waals surface area contributed by atoms with Gasteiger partial charge in [-0.3, -0.25) is 14.5 Å². The molecule has 3 amide bonds.